The lowest BCUT2D eigenvalue weighted by Crippen LogP contribution is -2.47. The number of likely N-dealkylation sites (N-methyl/N-ethyl adjacent to an activating group) is 2. The SMILES string of the molecule is CCN1CCN(C2=C(c3ccc(OC(C)C)cc3)C(=O)N(C)C2=O)CC1. The van der Waals surface area contributed by atoms with Crippen molar-refractivity contribution in [2.75, 3.05) is 39.8 Å². The van der Waals surface area contributed by atoms with E-state index < -0.39 is 0 Å². The van der Waals surface area contributed by atoms with Crippen LogP contribution in [0.3, 0.4) is 0 Å². The maximum Gasteiger partial charge on any atom is 0.277 e. The first-order valence-electron chi connectivity index (χ1n) is 9.23. The van der Waals surface area contributed by atoms with Crippen LogP contribution in [0.15, 0.2) is 30.0 Å². The van der Waals surface area contributed by atoms with Gasteiger partial charge in [-0.15, -0.1) is 0 Å². The highest BCUT2D eigenvalue weighted by Gasteiger charge is 2.40. The van der Waals surface area contributed by atoms with Gasteiger partial charge in [0.15, 0.2) is 0 Å². The van der Waals surface area contributed by atoms with Gasteiger partial charge < -0.3 is 14.5 Å². The predicted molar refractivity (Wildman–Crippen MR) is 101 cm³/mol. The molecule has 0 spiro atoms. The van der Waals surface area contributed by atoms with Gasteiger partial charge >= 0.3 is 0 Å². The summed E-state index contributed by atoms with van der Waals surface area (Å²) in [6.07, 6.45) is 0.0892. The summed E-state index contributed by atoms with van der Waals surface area (Å²) in [6.45, 7) is 10.4. The van der Waals surface area contributed by atoms with Crippen LogP contribution < -0.4 is 4.74 Å². The number of carbonyl (C=O) groups is 2. The number of carbonyl (C=O) groups excluding carboxylic acids is 2. The van der Waals surface area contributed by atoms with Crippen LogP contribution in [0.4, 0.5) is 0 Å². The summed E-state index contributed by atoms with van der Waals surface area (Å²) < 4.78 is 5.67. The van der Waals surface area contributed by atoms with Crippen molar-refractivity contribution < 1.29 is 14.3 Å². The smallest absolute Gasteiger partial charge is 0.277 e. The Morgan fingerprint density at radius 2 is 1.62 bits per heavy atom. The molecule has 2 heterocycles. The Hall–Kier alpha value is -2.34. The third-order valence-corrected chi connectivity index (χ3v) is 4.91. The molecule has 0 atom stereocenters. The second-order valence-electron chi connectivity index (χ2n) is 7.01. The van der Waals surface area contributed by atoms with Crippen LogP contribution in [0.1, 0.15) is 26.3 Å². The van der Waals surface area contributed by atoms with Crippen molar-refractivity contribution >= 4 is 17.4 Å². The Balaban J connectivity index is 1.93. The molecule has 0 bridgehead atoms. The van der Waals surface area contributed by atoms with Gasteiger partial charge in [0.1, 0.15) is 11.4 Å². The quantitative estimate of drug-likeness (QED) is 0.753. The molecule has 1 aromatic rings. The summed E-state index contributed by atoms with van der Waals surface area (Å²) in [7, 11) is 1.55. The van der Waals surface area contributed by atoms with Crippen LogP contribution in [0.2, 0.25) is 0 Å². The van der Waals surface area contributed by atoms with Crippen molar-refractivity contribution in [1.29, 1.82) is 0 Å². The Labute approximate surface area is 155 Å². The molecule has 1 saturated heterocycles. The summed E-state index contributed by atoms with van der Waals surface area (Å²) >= 11 is 0. The number of hydrogen-bond donors (Lipinski definition) is 0. The first-order valence-corrected chi connectivity index (χ1v) is 9.23. The van der Waals surface area contributed by atoms with E-state index in [2.05, 4.69) is 16.7 Å². The van der Waals surface area contributed by atoms with Crippen molar-refractivity contribution in [3.8, 4) is 5.75 Å². The minimum atomic E-state index is -0.236. The molecular weight excluding hydrogens is 330 g/mol. The van der Waals surface area contributed by atoms with Crippen LogP contribution in [0.5, 0.6) is 5.75 Å². The van der Waals surface area contributed by atoms with E-state index in [0.717, 1.165) is 44.0 Å². The molecule has 0 aliphatic carbocycles. The average molecular weight is 357 g/mol. The van der Waals surface area contributed by atoms with Gasteiger partial charge in [-0.1, -0.05) is 19.1 Å². The van der Waals surface area contributed by atoms with Gasteiger partial charge in [-0.25, -0.2) is 0 Å². The van der Waals surface area contributed by atoms with E-state index in [1.165, 1.54) is 4.90 Å². The highest BCUT2D eigenvalue weighted by atomic mass is 16.5. The summed E-state index contributed by atoms with van der Waals surface area (Å²) in [4.78, 5) is 31.1. The molecule has 0 aromatic heterocycles. The van der Waals surface area contributed by atoms with E-state index in [4.69, 9.17) is 4.74 Å². The first kappa shape index (κ1) is 18.5. The maximum absolute atomic E-state index is 12.7. The maximum atomic E-state index is 12.7. The molecule has 2 amide bonds. The number of imide groups is 1. The van der Waals surface area contributed by atoms with Crippen molar-refractivity contribution in [1.82, 2.24) is 14.7 Å². The summed E-state index contributed by atoms with van der Waals surface area (Å²) in [6, 6.07) is 7.43. The Kier molecular flexibility index (Phi) is 5.32. The minimum Gasteiger partial charge on any atom is -0.491 e. The van der Waals surface area contributed by atoms with Gasteiger partial charge in [0, 0.05) is 33.2 Å². The number of hydrogen-bond acceptors (Lipinski definition) is 5. The lowest BCUT2D eigenvalue weighted by Gasteiger charge is -2.35. The van der Waals surface area contributed by atoms with E-state index in [0.29, 0.717) is 11.3 Å². The second kappa shape index (κ2) is 7.50. The minimum absolute atomic E-state index is 0.0892. The number of ether oxygens (including phenoxy) is 1. The van der Waals surface area contributed by atoms with Gasteiger partial charge in [-0.3, -0.25) is 14.5 Å². The molecule has 1 aromatic carbocycles. The Morgan fingerprint density at radius 3 is 2.15 bits per heavy atom. The van der Waals surface area contributed by atoms with Crippen LogP contribution in [0.25, 0.3) is 5.57 Å². The number of nitrogens with zero attached hydrogens (tertiary/aromatic N) is 3. The van der Waals surface area contributed by atoms with Crippen molar-refractivity contribution in [3.05, 3.63) is 35.5 Å². The molecule has 26 heavy (non-hydrogen) atoms. The van der Waals surface area contributed by atoms with Gasteiger partial charge in [-0.05, 0) is 38.1 Å². The fraction of sp³-hybridized carbons (Fsp3) is 0.500. The zero-order chi connectivity index (χ0) is 18.8. The monoisotopic (exact) mass is 357 g/mol. The van der Waals surface area contributed by atoms with Crippen molar-refractivity contribution in [2.45, 2.75) is 26.9 Å². The number of amides is 2. The van der Waals surface area contributed by atoms with Crippen molar-refractivity contribution in [2.24, 2.45) is 0 Å². The zero-order valence-electron chi connectivity index (χ0n) is 16.0. The molecule has 0 saturated carbocycles. The molecular formula is C20H27N3O3. The molecule has 3 rings (SSSR count). The van der Waals surface area contributed by atoms with E-state index in [-0.39, 0.29) is 17.9 Å². The number of rotatable bonds is 5. The fourth-order valence-electron chi connectivity index (χ4n) is 3.44. The molecule has 2 aliphatic heterocycles. The summed E-state index contributed by atoms with van der Waals surface area (Å²) in [5.41, 5.74) is 1.79. The normalized spacial score (nSPS) is 19.1. The fourth-order valence-corrected chi connectivity index (χ4v) is 3.44. The van der Waals surface area contributed by atoms with E-state index >= 15 is 0 Å². The zero-order valence-corrected chi connectivity index (χ0v) is 16.0. The topological polar surface area (TPSA) is 53.1 Å². The molecule has 0 radical (unpaired) electrons. The number of benzene rings is 1. The van der Waals surface area contributed by atoms with E-state index in [9.17, 15) is 9.59 Å². The molecule has 6 heteroatoms. The highest BCUT2D eigenvalue weighted by Crippen LogP contribution is 2.32. The van der Waals surface area contributed by atoms with Crippen LogP contribution >= 0.6 is 0 Å². The second-order valence-corrected chi connectivity index (χ2v) is 7.01. The molecule has 140 valence electrons. The van der Waals surface area contributed by atoms with Crippen LogP contribution in [-0.4, -0.2) is 72.4 Å². The van der Waals surface area contributed by atoms with Gasteiger partial charge in [0.05, 0.1) is 11.7 Å². The largest absolute Gasteiger partial charge is 0.491 e. The third kappa shape index (κ3) is 3.46. The lowest BCUT2D eigenvalue weighted by atomic mass is 10.0. The predicted octanol–water partition coefficient (Wildman–Crippen LogP) is 1.82. The van der Waals surface area contributed by atoms with E-state index in [1.807, 2.05) is 38.1 Å². The van der Waals surface area contributed by atoms with Gasteiger partial charge in [-0.2, -0.15) is 0 Å². The van der Waals surface area contributed by atoms with Crippen LogP contribution in [-0.2, 0) is 9.59 Å². The Bertz CT molecular complexity index is 716. The first-order chi connectivity index (χ1) is 12.4. The molecule has 0 N–H and O–H groups in total. The molecule has 0 unspecified atom stereocenters. The van der Waals surface area contributed by atoms with Gasteiger partial charge in [0.2, 0.25) is 0 Å². The molecule has 6 nitrogen and oxygen atoms in total. The molecule has 2 aliphatic rings. The Morgan fingerprint density at radius 1 is 1.00 bits per heavy atom. The van der Waals surface area contributed by atoms with E-state index in [1.54, 1.807) is 7.05 Å². The van der Waals surface area contributed by atoms with Crippen molar-refractivity contribution in [3.63, 3.8) is 0 Å². The standard InChI is InChI=1S/C20H27N3O3/c1-5-22-10-12-23(13-11-22)18-17(19(24)21(4)20(18)25)15-6-8-16(9-7-15)26-14(2)3/h6-9,14H,5,10-13H2,1-4H3. The third-order valence-electron chi connectivity index (χ3n) is 4.91. The highest BCUT2D eigenvalue weighted by molar-refractivity contribution is 6.35. The van der Waals surface area contributed by atoms with Gasteiger partial charge in [0.25, 0.3) is 11.8 Å². The summed E-state index contributed by atoms with van der Waals surface area (Å²) in [5, 5.41) is 0. The summed E-state index contributed by atoms with van der Waals surface area (Å²) in [5.74, 6) is 0.311. The number of piperazine rings is 1. The molecule has 1 fully saturated rings. The lowest BCUT2D eigenvalue weighted by molar-refractivity contribution is -0.136. The average Bonchev–Trinajstić information content (AvgIpc) is 2.86. The van der Waals surface area contributed by atoms with Crippen LogP contribution in [0, 0.1) is 0 Å².